The van der Waals surface area contributed by atoms with Gasteiger partial charge < -0.3 is 4.90 Å². The van der Waals surface area contributed by atoms with Gasteiger partial charge in [-0.25, -0.2) is 0 Å². The van der Waals surface area contributed by atoms with E-state index in [1.165, 1.54) is 7.05 Å². The fourth-order valence-electron chi connectivity index (χ4n) is 3.07. The SMILES string of the molecule is CN1C(=O)C[C@]2(CC(=O)N(Cc3ccccc3)C2)C1=O. The van der Waals surface area contributed by atoms with Gasteiger partial charge in [0.25, 0.3) is 0 Å². The average molecular weight is 272 g/mol. The van der Waals surface area contributed by atoms with Crippen LogP contribution in [0.25, 0.3) is 0 Å². The van der Waals surface area contributed by atoms with Crippen LogP contribution in [0.15, 0.2) is 30.3 Å². The van der Waals surface area contributed by atoms with Crippen molar-refractivity contribution in [2.24, 2.45) is 5.41 Å². The maximum Gasteiger partial charge on any atom is 0.237 e. The van der Waals surface area contributed by atoms with E-state index in [1.807, 2.05) is 30.3 Å². The minimum Gasteiger partial charge on any atom is -0.337 e. The minimum absolute atomic E-state index is 0.0506. The number of nitrogens with zero attached hydrogens (tertiary/aromatic N) is 2. The molecule has 0 unspecified atom stereocenters. The summed E-state index contributed by atoms with van der Waals surface area (Å²) in [5.41, 5.74) is 0.209. The van der Waals surface area contributed by atoms with E-state index in [4.69, 9.17) is 0 Å². The summed E-state index contributed by atoms with van der Waals surface area (Å²) in [6.45, 7) is 0.836. The molecule has 0 aromatic heterocycles. The number of likely N-dealkylation sites (tertiary alicyclic amines) is 2. The maximum atomic E-state index is 12.2. The topological polar surface area (TPSA) is 57.7 Å². The highest BCUT2D eigenvalue weighted by atomic mass is 16.2. The number of rotatable bonds is 2. The highest BCUT2D eigenvalue weighted by molar-refractivity contribution is 6.08. The molecule has 2 aliphatic heterocycles. The van der Waals surface area contributed by atoms with Crippen molar-refractivity contribution in [2.75, 3.05) is 13.6 Å². The maximum absolute atomic E-state index is 12.2. The Kier molecular flexibility index (Phi) is 2.85. The molecule has 1 spiro atoms. The first-order chi connectivity index (χ1) is 9.52. The van der Waals surface area contributed by atoms with E-state index in [0.29, 0.717) is 13.1 Å². The molecule has 20 heavy (non-hydrogen) atoms. The van der Waals surface area contributed by atoms with Crippen molar-refractivity contribution < 1.29 is 14.4 Å². The van der Waals surface area contributed by atoms with E-state index in [1.54, 1.807) is 4.90 Å². The summed E-state index contributed by atoms with van der Waals surface area (Å²) in [6.07, 6.45) is 0.300. The number of carbonyl (C=O) groups is 3. The average Bonchev–Trinajstić information content (AvgIpc) is 2.84. The van der Waals surface area contributed by atoms with Crippen LogP contribution in [0.2, 0.25) is 0 Å². The lowest BCUT2D eigenvalue weighted by molar-refractivity contribution is -0.140. The van der Waals surface area contributed by atoms with Crippen LogP contribution in [0, 0.1) is 5.41 Å². The molecule has 1 aromatic rings. The predicted octanol–water partition coefficient (Wildman–Crippen LogP) is 0.794. The van der Waals surface area contributed by atoms with Crippen molar-refractivity contribution in [3.63, 3.8) is 0 Å². The summed E-state index contributed by atoms with van der Waals surface area (Å²) in [6, 6.07) is 9.66. The normalized spacial score (nSPS) is 26.1. The van der Waals surface area contributed by atoms with Gasteiger partial charge in [-0.3, -0.25) is 19.3 Å². The van der Waals surface area contributed by atoms with E-state index in [9.17, 15) is 14.4 Å². The number of carbonyl (C=O) groups excluding carboxylic acids is 3. The highest BCUT2D eigenvalue weighted by Crippen LogP contribution is 2.41. The second-order valence-electron chi connectivity index (χ2n) is 5.63. The Morgan fingerprint density at radius 2 is 1.70 bits per heavy atom. The lowest BCUT2D eigenvalue weighted by atomic mass is 9.85. The van der Waals surface area contributed by atoms with Gasteiger partial charge in [0, 0.05) is 33.0 Å². The first-order valence-electron chi connectivity index (χ1n) is 6.64. The largest absolute Gasteiger partial charge is 0.337 e. The molecule has 2 heterocycles. The zero-order chi connectivity index (χ0) is 14.3. The van der Waals surface area contributed by atoms with E-state index in [0.717, 1.165) is 10.5 Å². The number of amides is 3. The molecule has 1 atom stereocenters. The Bertz CT molecular complexity index is 584. The van der Waals surface area contributed by atoms with E-state index < -0.39 is 5.41 Å². The Morgan fingerprint density at radius 1 is 1.05 bits per heavy atom. The molecule has 1 aromatic carbocycles. The summed E-state index contributed by atoms with van der Waals surface area (Å²) in [5.74, 6) is -0.457. The zero-order valence-corrected chi connectivity index (χ0v) is 11.3. The van der Waals surface area contributed by atoms with Crippen LogP contribution in [0.5, 0.6) is 0 Å². The third-order valence-corrected chi connectivity index (χ3v) is 4.17. The van der Waals surface area contributed by atoms with E-state index >= 15 is 0 Å². The molecule has 2 fully saturated rings. The Hall–Kier alpha value is -2.17. The van der Waals surface area contributed by atoms with Crippen molar-refractivity contribution in [1.82, 2.24) is 9.80 Å². The molecule has 0 aliphatic carbocycles. The smallest absolute Gasteiger partial charge is 0.237 e. The van der Waals surface area contributed by atoms with Gasteiger partial charge in [0.1, 0.15) is 0 Å². The summed E-state index contributed by atoms with van der Waals surface area (Å²) < 4.78 is 0. The van der Waals surface area contributed by atoms with Crippen molar-refractivity contribution in [1.29, 1.82) is 0 Å². The Balaban J connectivity index is 1.79. The Morgan fingerprint density at radius 3 is 2.30 bits per heavy atom. The Labute approximate surface area is 117 Å². The molecule has 5 heteroatoms. The molecule has 0 saturated carbocycles. The molecule has 2 aliphatic rings. The molecule has 2 saturated heterocycles. The van der Waals surface area contributed by atoms with Crippen LogP contribution in [-0.4, -0.2) is 41.1 Å². The lowest BCUT2D eigenvalue weighted by Gasteiger charge is -2.21. The van der Waals surface area contributed by atoms with Crippen LogP contribution in [-0.2, 0) is 20.9 Å². The molecule has 5 nitrogen and oxygen atoms in total. The van der Waals surface area contributed by atoms with Crippen LogP contribution in [0.3, 0.4) is 0 Å². The summed E-state index contributed by atoms with van der Waals surface area (Å²) in [4.78, 5) is 38.9. The van der Waals surface area contributed by atoms with Crippen LogP contribution >= 0.6 is 0 Å². The zero-order valence-electron chi connectivity index (χ0n) is 11.3. The van der Waals surface area contributed by atoms with Crippen LogP contribution < -0.4 is 0 Å². The van der Waals surface area contributed by atoms with Crippen molar-refractivity contribution >= 4 is 17.7 Å². The minimum atomic E-state index is -0.822. The van der Waals surface area contributed by atoms with Crippen molar-refractivity contribution in [2.45, 2.75) is 19.4 Å². The second kappa shape index (κ2) is 4.44. The number of benzene rings is 1. The summed E-state index contributed by atoms with van der Waals surface area (Å²) in [7, 11) is 1.49. The predicted molar refractivity (Wildman–Crippen MR) is 71.3 cm³/mol. The van der Waals surface area contributed by atoms with Crippen LogP contribution in [0.1, 0.15) is 18.4 Å². The van der Waals surface area contributed by atoms with Crippen molar-refractivity contribution in [3.8, 4) is 0 Å². The van der Waals surface area contributed by atoms with E-state index in [-0.39, 0.29) is 30.6 Å². The summed E-state index contributed by atoms with van der Waals surface area (Å²) in [5, 5.41) is 0. The van der Waals surface area contributed by atoms with Gasteiger partial charge in [-0.05, 0) is 5.56 Å². The lowest BCUT2D eigenvalue weighted by Crippen LogP contribution is -2.35. The fraction of sp³-hybridized carbons (Fsp3) is 0.400. The van der Waals surface area contributed by atoms with Gasteiger partial charge in [-0.15, -0.1) is 0 Å². The van der Waals surface area contributed by atoms with Gasteiger partial charge in [0.15, 0.2) is 0 Å². The summed E-state index contributed by atoms with van der Waals surface area (Å²) >= 11 is 0. The number of hydrogen-bond donors (Lipinski definition) is 0. The number of imide groups is 1. The molecule has 104 valence electrons. The van der Waals surface area contributed by atoms with Crippen molar-refractivity contribution in [3.05, 3.63) is 35.9 Å². The van der Waals surface area contributed by atoms with Gasteiger partial charge in [0.2, 0.25) is 17.7 Å². The molecule has 0 radical (unpaired) electrons. The first kappa shape index (κ1) is 12.8. The molecular formula is C15H16N2O3. The van der Waals surface area contributed by atoms with Gasteiger partial charge in [-0.1, -0.05) is 30.3 Å². The monoisotopic (exact) mass is 272 g/mol. The quantitative estimate of drug-likeness (QED) is 0.748. The van der Waals surface area contributed by atoms with Gasteiger partial charge in [0.05, 0.1) is 5.41 Å². The highest BCUT2D eigenvalue weighted by Gasteiger charge is 2.56. The third-order valence-electron chi connectivity index (χ3n) is 4.17. The standard InChI is InChI=1S/C15H16N2O3/c1-16-12(18)7-15(14(16)20)8-13(19)17(10-15)9-11-5-3-2-4-6-11/h2-6H,7-10H2,1H3/t15-/m1/s1. The molecule has 3 rings (SSSR count). The third kappa shape index (κ3) is 1.90. The number of hydrogen-bond acceptors (Lipinski definition) is 3. The van der Waals surface area contributed by atoms with Crippen LogP contribution in [0.4, 0.5) is 0 Å². The molecular weight excluding hydrogens is 256 g/mol. The molecule has 0 bridgehead atoms. The van der Waals surface area contributed by atoms with E-state index in [2.05, 4.69) is 0 Å². The molecule has 0 N–H and O–H groups in total. The fourth-order valence-corrected chi connectivity index (χ4v) is 3.07. The molecule has 3 amide bonds. The van der Waals surface area contributed by atoms with Gasteiger partial charge in [-0.2, -0.15) is 0 Å². The second-order valence-corrected chi connectivity index (χ2v) is 5.63. The first-order valence-corrected chi connectivity index (χ1v) is 6.64. The van der Waals surface area contributed by atoms with Gasteiger partial charge >= 0.3 is 0 Å².